The molecule has 1 aromatic carbocycles. The molecular formula is C19H21ClN2O4S. The highest BCUT2D eigenvalue weighted by atomic mass is 35.5. The second kappa shape index (κ2) is 7.58. The first-order valence-electron chi connectivity index (χ1n) is 8.72. The molecule has 1 amide bonds. The van der Waals surface area contributed by atoms with Gasteiger partial charge in [-0.25, -0.2) is 4.79 Å². The van der Waals surface area contributed by atoms with Crippen LogP contribution in [-0.4, -0.2) is 55.3 Å². The number of halogens is 1. The fraction of sp³-hybridized carbons (Fsp3) is 0.421. The van der Waals surface area contributed by atoms with Crippen LogP contribution in [0.5, 0.6) is 11.5 Å². The molecule has 1 aromatic heterocycles. The van der Waals surface area contributed by atoms with Crippen molar-refractivity contribution in [2.45, 2.75) is 25.2 Å². The maximum atomic E-state index is 12.4. The summed E-state index contributed by atoms with van der Waals surface area (Å²) < 4.78 is 17.1. The summed E-state index contributed by atoms with van der Waals surface area (Å²) >= 11 is 7.61. The Kier molecular flexibility index (Phi) is 5.16. The van der Waals surface area contributed by atoms with Crippen molar-refractivity contribution < 1.29 is 19.0 Å². The van der Waals surface area contributed by atoms with Gasteiger partial charge in [-0.15, -0.1) is 11.3 Å². The second-order valence-electron chi connectivity index (χ2n) is 6.71. The molecule has 2 atom stereocenters. The lowest BCUT2D eigenvalue weighted by atomic mass is 10.1. The van der Waals surface area contributed by atoms with E-state index in [-0.39, 0.29) is 18.2 Å². The van der Waals surface area contributed by atoms with Gasteiger partial charge in [0, 0.05) is 31.1 Å². The Labute approximate surface area is 167 Å². The van der Waals surface area contributed by atoms with Crippen LogP contribution in [0.2, 0.25) is 4.34 Å². The number of rotatable bonds is 6. The van der Waals surface area contributed by atoms with Crippen molar-refractivity contribution in [3.05, 3.63) is 45.1 Å². The van der Waals surface area contributed by atoms with Gasteiger partial charge in [-0.2, -0.15) is 0 Å². The van der Waals surface area contributed by atoms with E-state index < -0.39 is 0 Å². The lowest BCUT2D eigenvalue weighted by Crippen LogP contribution is -2.37. The number of hydrogen-bond donors (Lipinski definition) is 0. The molecule has 0 bridgehead atoms. The van der Waals surface area contributed by atoms with E-state index in [0.29, 0.717) is 18.0 Å². The molecule has 0 spiro atoms. The van der Waals surface area contributed by atoms with Crippen LogP contribution in [0.3, 0.4) is 0 Å². The summed E-state index contributed by atoms with van der Waals surface area (Å²) in [7, 11) is 3.21. The summed E-state index contributed by atoms with van der Waals surface area (Å²) in [5.41, 5.74) is 0.980. The van der Waals surface area contributed by atoms with Gasteiger partial charge in [0.1, 0.15) is 6.10 Å². The molecule has 2 aromatic rings. The summed E-state index contributed by atoms with van der Waals surface area (Å²) in [6.45, 7) is 2.85. The number of benzene rings is 1. The van der Waals surface area contributed by atoms with Crippen molar-refractivity contribution in [2.75, 3.05) is 27.3 Å². The number of nitrogens with zero attached hydrogens (tertiary/aromatic N) is 2. The van der Waals surface area contributed by atoms with Gasteiger partial charge in [0.15, 0.2) is 11.5 Å². The molecule has 2 fully saturated rings. The van der Waals surface area contributed by atoms with Crippen molar-refractivity contribution in [2.24, 2.45) is 0 Å². The Morgan fingerprint density at radius 2 is 1.96 bits per heavy atom. The fourth-order valence-corrected chi connectivity index (χ4v) is 4.85. The number of amides is 1. The largest absolute Gasteiger partial charge is 0.493 e. The van der Waals surface area contributed by atoms with E-state index >= 15 is 0 Å². The third kappa shape index (κ3) is 3.72. The Hall–Kier alpha value is -1.96. The SMILES string of the molecule is COc1ccc(CN2C(=O)O[C@@H]3CN(Cc4ccc(Cl)s4)C[C@@H]32)cc1OC. The quantitative estimate of drug-likeness (QED) is 0.730. The van der Waals surface area contributed by atoms with Gasteiger partial charge in [0.05, 0.1) is 24.6 Å². The van der Waals surface area contributed by atoms with Crippen molar-refractivity contribution in [1.82, 2.24) is 9.80 Å². The van der Waals surface area contributed by atoms with Crippen molar-refractivity contribution >= 4 is 29.0 Å². The molecule has 144 valence electrons. The van der Waals surface area contributed by atoms with E-state index in [1.54, 1.807) is 25.6 Å². The molecule has 6 nitrogen and oxygen atoms in total. The van der Waals surface area contributed by atoms with Crippen LogP contribution in [0.15, 0.2) is 30.3 Å². The first kappa shape index (κ1) is 18.4. The van der Waals surface area contributed by atoms with E-state index in [1.807, 2.05) is 29.2 Å². The zero-order chi connectivity index (χ0) is 19.0. The maximum absolute atomic E-state index is 12.4. The predicted molar refractivity (Wildman–Crippen MR) is 104 cm³/mol. The number of carbonyl (C=O) groups is 1. The predicted octanol–water partition coefficient (Wildman–Crippen LogP) is 3.62. The van der Waals surface area contributed by atoms with Crippen LogP contribution < -0.4 is 9.47 Å². The van der Waals surface area contributed by atoms with Gasteiger partial charge < -0.3 is 14.2 Å². The van der Waals surface area contributed by atoms with Crippen molar-refractivity contribution in [3.8, 4) is 11.5 Å². The Balaban J connectivity index is 1.45. The molecule has 3 heterocycles. The van der Waals surface area contributed by atoms with Crippen LogP contribution in [0.1, 0.15) is 10.4 Å². The summed E-state index contributed by atoms with van der Waals surface area (Å²) in [4.78, 5) is 17.7. The normalized spacial score (nSPS) is 22.0. The van der Waals surface area contributed by atoms with E-state index in [1.165, 1.54) is 4.88 Å². The Bertz CT molecular complexity index is 843. The van der Waals surface area contributed by atoms with Crippen molar-refractivity contribution in [1.29, 1.82) is 0 Å². The maximum Gasteiger partial charge on any atom is 0.410 e. The number of likely N-dealkylation sites (tertiary alicyclic amines) is 1. The summed E-state index contributed by atoms with van der Waals surface area (Å²) in [5.74, 6) is 1.33. The number of methoxy groups -OCH3 is 2. The van der Waals surface area contributed by atoms with Gasteiger partial charge in [-0.3, -0.25) is 9.80 Å². The van der Waals surface area contributed by atoms with Crippen LogP contribution in [0, 0.1) is 0 Å². The highest BCUT2D eigenvalue weighted by Crippen LogP contribution is 2.33. The lowest BCUT2D eigenvalue weighted by Gasteiger charge is -2.22. The molecule has 0 unspecified atom stereocenters. The molecule has 27 heavy (non-hydrogen) atoms. The minimum absolute atomic E-state index is 0.0565. The number of carbonyl (C=O) groups excluding carboxylic acids is 1. The molecule has 0 N–H and O–H groups in total. The fourth-order valence-electron chi connectivity index (χ4n) is 3.72. The Morgan fingerprint density at radius 3 is 2.67 bits per heavy atom. The first-order chi connectivity index (χ1) is 13.1. The van der Waals surface area contributed by atoms with Gasteiger partial charge in [-0.05, 0) is 29.8 Å². The molecule has 2 aliphatic rings. The second-order valence-corrected chi connectivity index (χ2v) is 8.51. The molecule has 0 radical (unpaired) electrons. The summed E-state index contributed by atoms with van der Waals surface area (Å²) in [6.07, 6.45) is -0.341. The van der Waals surface area contributed by atoms with Crippen LogP contribution >= 0.6 is 22.9 Å². The van der Waals surface area contributed by atoms with E-state index in [2.05, 4.69) is 11.0 Å². The minimum Gasteiger partial charge on any atom is -0.493 e. The highest BCUT2D eigenvalue weighted by molar-refractivity contribution is 7.16. The molecule has 0 aliphatic carbocycles. The third-order valence-electron chi connectivity index (χ3n) is 5.01. The first-order valence-corrected chi connectivity index (χ1v) is 9.91. The van der Waals surface area contributed by atoms with Crippen LogP contribution in [0.25, 0.3) is 0 Å². The molecule has 0 saturated carbocycles. The topological polar surface area (TPSA) is 51.2 Å². The third-order valence-corrected chi connectivity index (χ3v) is 6.22. The molecular weight excluding hydrogens is 388 g/mol. The molecule has 2 aliphatic heterocycles. The number of thiophene rings is 1. The average molecular weight is 409 g/mol. The zero-order valence-electron chi connectivity index (χ0n) is 15.2. The molecule has 8 heteroatoms. The summed E-state index contributed by atoms with van der Waals surface area (Å²) in [5, 5.41) is 0. The number of fused-ring (bicyclic) bond motifs is 1. The van der Waals surface area contributed by atoms with E-state index in [9.17, 15) is 4.79 Å². The van der Waals surface area contributed by atoms with Gasteiger partial charge >= 0.3 is 6.09 Å². The highest BCUT2D eigenvalue weighted by Gasteiger charge is 2.47. The van der Waals surface area contributed by atoms with Gasteiger partial charge in [0.25, 0.3) is 0 Å². The monoisotopic (exact) mass is 408 g/mol. The molecule has 2 saturated heterocycles. The van der Waals surface area contributed by atoms with Gasteiger partial charge in [-0.1, -0.05) is 17.7 Å². The lowest BCUT2D eigenvalue weighted by molar-refractivity contribution is 0.119. The zero-order valence-corrected chi connectivity index (χ0v) is 16.8. The smallest absolute Gasteiger partial charge is 0.410 e. The standard InChI is InChI=1S/C19H21ClN2O4S/c1-24-15-5-3-12(7-16(15)25-2)8-22-14-10-21(11-17(14)26-19(22)23)9-13-4-6-18(20)27-13/h3-7,14,17H,8-11H2,1-2H3/t14-,17+/m0/s1. The van der Waals surface area contributed by atoms with Crippen molar-refractivity contribution in [3.63, 3.8) is 0 Å². The number of hydrogen-bond acceptors (Lipinski definition) is 6. The van der Waals surface area contributed by atoms with Gasteiger partial charge in [0.2, 0.25) is 0 Å². The van der Waals surface area contributed by atoms with E-state index in [4.69, 9.17) is 25.8 Å². The van der Waals surface area contributed by atoms with E-state index in [0.717, 1.165) is 29.5 Å². The minimum atomic E-state index is -0.251. The summed E-state index contributed by atoms with van der Waals surface area (Å²) in [6, 6.07) is 9.73. The van der Waals surface area contributed by atoms with Crippen LogP contribution in [0.4, 0.5) is 4.79 Å². The average Bonchev–Trinajstić information content (AvgIpc) is 3.32. The number of ether oxygens (including phenoxy) is 3. The van der Waals surface area contributed by atoms with Crippen LogP contribution in [-0.2, 0) is 17.8 Å². The Morgan fingerprint density at radius 1 is 1.15 bits per heavy atom. The molecule has 4 rings (SSSR count).